The van der Waals surface area contributed by atoms with Crippen LogP contribution in [0.1, 0.15) is 45.6 Å². The highest BCUT2D eigenvalue weighted by atomic mass is 19.1. The third-order valence-electron chi connectivity index (χ3n) is 5.73. The maximum Gasteiger partial charge on any atom is 0.488 e. The van der Waals surface area contributed by atoms with Gasteiger partial charge in [-0.15, -0.1) is 0 Å². The number of carbonyl (C=O) groups is 2. The predicted octanol–water partition coefficient (Wildman–Crippen LogP) is 0.844. The smallest absolute Gasteiger partial charge is 0.444 e. The molecule has 1 saturated heterocycles. The van der Waals surface area contributed by atoms with E-state index in [0.29, 0.717) is 6.42 Å². The van der Waals surface area contributed by atoms with Gasteiger partial charge in [-0.1, -0.05) is 12.1 Å². The minimum atomic E-state index is -1.80. The van der Waals surface area contributed by atoms with Crippen molar-refractivity contribution >= 4 is 24.6 Å². The van der Waals surface area contributed by atoms with Gasteiger partial charge in [0, 0.05) is 12.5 Å². The second kappa shape index (κ2) is 8.85. The molecule has 3 rings (SSSR count). The highest BCUT2D eigenvalue weighted by molar-refractivity contribution is 6.58. The van der Waals surface area contributed by atoms with Crippen LogP contribution in [-0.2, 0) is 16.0 Å². The summed E-state index contributed by atoms with van der Waals surface area (Å²) in [6.07, 6.45) is 1.71. The number of hydrogen-bond donors (Lipinski definition) is 3. The van der Waals surface area contributed by atoms with E-state index in [1.54, 1.807) is 20.8 Å². The summed E-state index contributed by atoms with van der Waals surface area (Å²) in [6.45, 7) is 5.28. The van der Waals surface area contributed by atoms with Crippen molar-refractivity contribution in [3.63, 3.8) is 0 Å². The van der Waals surface area contributed by atoms with Crippen molar-refractivity contribution in [3.8, 4) is 6.07 Å². The lowest BCUT2D eigenvalue weighted by molar-refractivity contribution is -0.128. The minimum absolute atomic E-state index is 0.000998. The Bertz CT molecular complexity index is 898. The molecule has 1 aromatic carbocycles. The molecule has 1 aliphatic heterocycles. The number of rotatable bonds is 5. The number of nitriles is 1. The number of carbonyl (C=O) groups excluding carboxylic acids is 2. The summed E-state index contributed by atoms with van der Waals surface area (Å²) in [6, 6.07) is 3.85. The van der Waals surface area contributed by atoms with Gasteiger partial charge in [0.05, 0.1) is 6.07 Å². The molecule has 2 bridgehead atoms. The molecule has 166 valence electrons. The predicted molar refractivity (Wildman–Crippen MR) is 110 cm³/mol. The molecule has 1 saturated carbocycles. The number of halogens is 1. The fourth-order valence-electron chi connectivity index (χ4n) is 4.40. The third kappa shape index (κ3) is 5.17. The standard InChI is InChI=1S/C21H27BFN3O5/c1-21(2,3)31-20(28)26-16-7-5-13(9-16)18(26)19(27)25-15(11-24)8-12-4-6-14(22(29)30)10-17(12)23/h4,6,10,13,15-16,18,29-30H,5,7-9H2,1-3H3,(H,25,27)/t13-,15-,16+,18-/m0/s1. The number of nitrogens with zero attached hydrogens (tertiary/aromatic N) is 2. The maximum absolute atomic E-state index is 14.3. The number of piperidine rings is 1. The SMILES string of the molecule is CC(C)(C)OC(=O)N1[C@@H]2CC[C@@H](C2)[C@H]1C(=O)N[C@H](C#N)Cc1ccc(B(O)O)cc1F. The molecule has 1 aliphatic carbocycles. The van der Waals surface area contributed by atoms with Crippen molar-refractivity contribution in [2.24, 2.45) is 5.92 Å². The second-order valence-corrected chi connectivity index (χ2v) is 9.18. The Morgan fingerprint density at radius 1 is 1.39 bits per heavy atom. The van der Waals surface area contributed by atoms with Crippen LogP contribution in [0.4, 0.5) is 9.18 Å². The number of nitrogens with one attached hydrogen (secondary N) is 1. The van der Waals surface area contributed by atoms with Gasteiger partial charge in [-0.3, -0.25) is 9.69 Å². The van der Waals surface area contributed by atoms with E-state index in [9.17, 15) is 19.2 Å². The number of amides is 2. The van der Waals surface area contributed by atoms with Gasteiger partial charge in [-0.2, -0.15) is 5.26 Å². The van der Waals surface area contributed by atoms with Crippen LogP contribution in [0.5, 0.6) is 0 Å². The largest absolute Gasteiger partial charge is 0.488 e. The Morgan fingerprint density at radius 3 is 2.68 bits per heavy atom. The monoisotopic (exact) mass is 431 g/mol. The van der Waals surface area contributed by atoms with Gasteiger partial charge in [0.15, 0.2) is 0 Å². The molecule has 31 heavy (non-hydrogen) atoms. The number of likely N-dealkylation sites (tertiary alicyclic amines) is 1. The van der Waals surface area contributed by atoms with E-state index < -0.39 is 42.6 Å². The zero-order valence-electron chi connectivity index (χ0n) is 17.8. The van der Waals surface area contributed by atoms with Crippen molar-refractivity contribution in [2.45, 2.75) is 70.2 Å². The average Bonchev–Trinajstić information content (AvgIpc) is 3.28. The molecule has 1 aromatic rings. The van der Waals surface area contributed by atoms with Crippen molar-refractivity contribution in [3.05, 3.63) is 29.6 Å². The number of ether oxygens (including phenoxy) is 1. The first-order valence-corrected chi connectivity index (χ1v) is 10.4. The molecule has 2 aliphatic rings. The zero-order valence-corrected chi connectivity index (χ0v) is 17.8. The van der Waals surface area contributed by atoms with Gasteiger partial charge >= 0.3 is 13.2 Å². The van der Waals surface area contributed by atoms with Gasteiger partial charge in [0.2, 0.25) is 5.91 Å². The van der Waals surface area contributed by atoms with Crippen LogP contribution >= 0.6 is 0 Å². The topological polar surface area (TPSA) is 123 Å². The second-order valence-electron chi connectivity index (χ2n) is 9.18. The zero-order chi connectivity index (χ0) is 22.9. The van der Waals surface area contributed by atoms with Crippen molar-refractivity contribution < 1.29 is 28.8 Å². The average molecular weight is 431 g/mol. The normalized spacial score (nSPS) is 23.3. The molecule has 0 aromatic heterocycles. The van der Waals surface area contributed by atoms with E-state index in [2.05, 4.69) is 5.32 Å². The van der Waals surface area contributed by atoms with Crippen molar-refractivity contribution in [2.75, 3.05) is 0 Å². The maximum atomic E-state index is 14.3. The molecule has 0 radical (unpaired) electrons. The summed E-state index contributed by atoms with van der Waals surface area (Å²) in [4.78, 5) is 27.2. The van der Waals surface area contributed by atoms with E-state index >= 15 is 0 Å². The van der Waals surface area contributed by atoms with Crippen LogP contribution in [0.2, 0.25) is 0 Å². The van der Waals surface area contributed by atoms with Crippen LogP contribution in [0.15, 0.2) is 18.2 Å². The van der Waals surface area contributed by atoms with Crippen molar-refractivity contribution in [1.82, 2.24) is 10.2 Å². The summed E-state index contributed by atoms with van der Waals surface area (Å²) in [5.74, 6) is -1.15. The first-order chi connectivity index (χ1) is 14.5. The summed E-state index contributed by atoms with van der Waals surface area (Å²) >= 11 is 0. The Labute approximate surface area is 181 Å². The summed E-state index contributed by atoms with van der Waals surface area (Å²) in [7, 11) is -1.80. The lowest BCUT2D eigenvalue weighted by Gasteiger charge is -2.35. The van der Waals surface area contributed by atoms with Crippen LogP contribution in [-0.4, -0.2) is 57.8 Å². The molecule has 2 fully saturated rings. The van der Waals surface area contributed by atoms with Crippen LogP contribution in [0, 0.1) is 23.1 Å². The number of hydrogen-bond acceptors (Lipinski definition) is 6. The third-order valence-corrected chi connectivity index (χ3v) is 5.73. The molecule has 2 amide bonds. The Morgan fingerprint density at radius 2 is 2.10 bits per heavy atom. The number of fused-ring (bicyclic) bond motifs is 2. The van der Waals surface area contributed by atoms with Gasteiger partial charge in [-0.25, -0.2) is 9.18 Å². The summed E-state index contributed by atoms with van der Waals surface area (Å²) < 4.78 is 19.8. The molecule has 0 unspecified atom stereocenters. The lowest BCUT2D eigenvalue weighted by atomic mass is 9.79. The van der Waals surface area contributed by atoms with Gasteiger partial charge in [0.25, 0.3) is 0 Å². The molecule has 0 spiro atoms. The lowest BCUT2D eigenvalue weighted by Crippen LogP contribution is -2.55. The fourth-order valence-corrected chi connectivity index (χ4v) is 4.40. The molecule has 10 heteroatoms. The number of benzene rings is 1. The van der Waals surface area contributed by atoms with Crippen LogP contribution < -0.4 is 10.8 Å². The van der Waals surface area contributed by atoms with E-state index in [1.165, 1.54) is 17.0 Å². The highest BCUT2D eigenvalue weighted by Gasteiger charge is 2.52. The molecule has 3 N–H and O–H groups in total. The van der Waals surface area contributed by atoms with Crippen LogP contribution in [0.25, 0.3) is 0 Å². The molecule has 1 heterocycles. The summed E-state index contributed by atoms with van der Waals surface area (Å²) in [5.41, 5.74) is -0.539. The van der Waals surface area contributed by atoms with Gasteiger partial charge in [0.1, 0.15) is 23.5 Å². The Hall–Kier alpha value is -2.64. The van der Waals surface area contributed by atoms with Gasteiger partial charge in [-0.05, 0) is 63.0 Å². The molecule has 8 nitrogen and oxygen atoms in total. The Balaban J connectivity index is 1.71. The summed E-state index contributed by atoms with van der Waals surface area (Å²) in [5, 5.41) is 30.4. The first kappa shape index (κ1) is 23.0. The molecular weight excluding hydrogens is 404 g/mol. The van der Waals surface area contributed by atoms with E-state index in [4.69, 9.17) is 14.8 Å². The minimum Gasteiger partial charge on any atom is -0.444 e. The van der Waals surface area contributed by atoms with E-state index in [1.807, 2.05) is 6.07 Å². The van der Waals surface area contributed by atoms with E-state index in [0.717, 1.165) is 18.9 Å². The van der Waals surface area contributed by atoms with E-state index in [-0.39, 0.29) is 29.4 Å². The first-order valence-electron chi connectivity index (χ1n) is 10.4. The molecular formula is C21H27BFN3O5. The van der Waals surface area contributed by atoms with Crippen molar-refractivity contribution in [1.29, 1.82) is 5.26 Å². The quantitative estimate of drug-likeness (QED) is 0.594. The van der Waals surface area contributed by atoms with Crippen LogP contribution in [0.3, 0.4) is 0 Å². The van der Waals surface area contributed by atoms with Gasteiger partial charge < -0.3 is 20.1 Å². The fraction of sp³-hybridized carbons (Fsp3) is 0.571. The Kier molecular flexibility index (Phi) is 6.58. The highest BCUT2D eigenvalue weighted by Crippen LogP contribution is 2.43. The molecule has 4 atom stereocenters.